The Morgan fingerprint density at radius 2 is 1.94 bits per heavy atom. The van der Waals surface area contributed by atoms with Gasteiger partial charge in [0.2, 0.25) is 5.78 Å². The number of rotatable bonds is 3. The van der Waals surface area contributed by atoms with E-state index in [1.54, 1.807) is 12.1 Å². The van der Waals surface area contributed by atoms with Gasteiger partial charge in [-0.15, -0.1) is 0 Å². The van der Waals surface area contributed by atoms with Gasteiger partial charge in [0.1, 0.15) is 11.4 Å². The summed E-state index contributed by atoms with van der Waals surface area (Å²) in [7, 11) is 0. The number of pyridine rings is 1. The second-order valence-corrected chi connectivity index (χ2v) is 3.59. The first-order chi connectivity index (χ1) is 8.61. The summed E-state index contributed by atoms with van der Waals surface area (Å²) in [6.07, 6.45) is -1.45. The van der Waals surface area contributed by atoms with Crippen LogP contribution in [0.25, 0.3) is 0 Å². The highest BCUT2D eigenvalue weighted by Gasteiger charge is 2.23. The molecule has 2 aromatic rings. The van der Waals surface area contributed by atoms with Crippen LogP contribution in [0.3, 0.4) is 0 Å². The zero-order valence-corrected chi connectivity index (χ0v) is 9.18. The first kappa shape index (κ1) is 12.2. The average Bonchev–Trinajstić information content (AvgIpc) is 2.38. The fourth-order valence-corrected chi connectivity index (χ4v) is 1.61. The summed E-state index contributed by atoms with van der Waals surface area (Å²) in [5.74, 6) is -1.19. The standard InChI is InChI=1S/C13H9F2NO2/c14-13(15)8-4-3-6-10(17)11(8)12(18)9-5-1-2-7-16-9/h1-7,13,17H. The number of aromatic nitrogens is 1. The van der Waals surface area contributed by atoms with Crippen LogP contribution in [-0.4, -0.2) is 15.9 Å². The van der Waals surface area contributed by atoms with Crippen LogP contribution in [0.15, 0.2) is 42.6 Å². The van der Waals surface area contributed by atoms with Crippen LogP contribution in [0.4, 0.5) is 8.78 Å². The van der Waals surface area contributed by atoms with Gasteiger partial charge < -0.3 is 5.11 Å². The van der Waals surface area contributed by atoms with Crippen LogP contribution >= 0.6 is 0 Å². The molecule has 1 N–H and O–H groups in total. The van der Waals surface area contributed by atoms with Crippen molar-refractivity contribution in [2.45, 2.75) is 6.43 Å². The molecule has 0 radical (unpaired) electrons. The van der Waals surface area contributed by atoms with E-state index in [-0.39, 0.29) is 5.69 Å². The fourth-order valence-electron chi connectivity index (χ4n) is 1.61. The van der Waals surface area contributed by atoms with Gasteiger partial charge in [-0.2, -0.15) is 0 Å². The Hall–Kier alpha value is -2.30. The second-order valence-electron chi connectivity index (χ2n) is 3.59. The molecule has 0 aliphatic carbocycles. The number of carbonyl (C=O) groups is 1. The largest absolute Gasteiger partial charge is 0.507 e. The van der Waals surface area contributed by atoms with Gasteiger partial charge in [0, 0.05) is 11.8 Å². The molecule has 1 aromatic heterocycles. The molecule has 0 saturated heterocycles. The van der Waals surface area contributed by atoms with E-state index in [1.807, 2.05) is 0 Å². The molecule has 3 nitrogen and oxygen atoms in total. The summed E-state index contributed by atoms with van der Waals surface area (Å²) >= 11 is 0. The molecule has 0 atom stereocenters. The Kier molecular flexibility index (Phi) is 3.32. The maximum absolute atomic E-state index is 12.8. The third-order valence-electron chi connectivity index (χ3n) is 2.43. The Balaban J connectivity index is 2.54. The monoisotopic (exact) mass is 249 g/mol. The number of carbonyl (C=O) groups excluding carboxylic acids is 1. The molecule has 0 amide bonds. The van der Waals surface area contributed by atoms with Crippen LogP contribution < -0.4 is 0 Å². The van der Waals surface area contributed by atoms with Crippen molar-refractivity contribution in [3.63, 3.8) is 0 Å². The van der Waals surface area contributed by atoms with Crippen molar-refractivity contribution in [3.05, 3.63) is 59.4 Å². The predicted molar refractivity (Wildman–Crippen MR) is 60.7 cm³/mol. The first-order valence-electron chi connectivity index (χ1n) is 5.17. The number of phenols is 1. The molecule has 2 rings (SSSR count). The molecule has 18 heavy (non-hydrogen) atoms. The van der Waals surface area contributed by atoms with Gasteiger partial charge in [0.15, 0.2) is 0 Å². The maximum Gasteiger partial charge on any atom is 0.264 e. The number of hydrogen-bond donors (Lipinski definition) is 1. The SMILES string of the molecule is O=C(c1ccccn1)c1c(O)cccc1C(F)F. The van der Waals surface area contributed by atoms with Gasteiger partial charge in [0.25, 0.3) is 6.43 Å². The van der Waals surface area contributed by atoms with Crippen LogP contribution in [0.1, 0.15) is 28.0 Å². The predicted octanol–water partition coefficient (Wildman–Crippen LogP) is 2.96. The minimum Gasteiger partial charge on any atom is -0.507 e. The fraction of sp³-hybridized carbons (Fsp3) is 0.0769. The zero-order valence-electron chi connectivity index (χ0n) is 9.18. The summed E-state index contributed by atoms with van der Waals surface area (Å²) in [6.45, 7) is 0. The number of phenolic OH excluding ortho intramolecular Hbond substituents is 1. The Bertz CT molecular complexity index is 570. The quantitative estimate of drug-likeness (QED) is 0.851. The first-order valence-corrected chi connectivity index (χ1v) is 5.17. The third-order valence-corrected chi connectivity index (χ3v) is 2.43. The van der Waals surface area contributed by atoms with E-state index < -0.39 is 29.1 Å². The van der Waals surface area contributed by atoms with Crippen molar-refractivity contribution in [1.82, 2.24) is 4.98 Å². The number of alkyl halides is 2. The van der Waals surface area contributed by atoms with E-state index >= 15 is 0 Å². The van der Waals surface area contributed by atoms with E-state index in [0.29, 0.717) is 0 Å². The maximum atomic E-state index is 12.8. The lowest BCUT2D eigenvalue weighted by atomic mass is 10.0. The molecule has 0 unspecified atom stereocenters. The molecule has 0 aliphatic rings. The molecular formula is C13H9F2NO2. The molecule has 92 valence electrons. The zero-order chi connectivity index (χ0) is 13.1. The van der Waals surface area contributed by atoms with E-state index in [4.69, 9.17) is 0 Å². The second kappa shape index (κ2) is 4.91. The lowest BCUT2D eigenvalue weighted by Gasteiger charge is -2.09. The Labute approximate surface area is 102 Å². The van der Waals surface area contributed by atoms with Crippen molar-refractivity contribution in [2.24, 2.45) is 0 Å². The Morgan fingerprint density at radius 1 is 1.17 bits per heavy atom. The molecule has 0 bridgehead atoms. The van der Waals surface area contributed by atoms with Crippen LogP contribution in [0.2, 0.25) is 0 Å². The number of aromatic hydroxyl groups is 1. The average molecular weight is 249 g/mol. The lowest BCUT2D eigenvalue weighted by Crippen LogP contribution is -2.08. The van der Waals surface area contributed by atoms with Crippen LogP contribution in [-0.2, 0) is 0 Å². The number of ketones is 1. The normalized spacial score (nSPS) is 10.6. The highest BCUT2D eigenvalue weighted by atomic mass is 19.3. The topological polar surface area (TPSA) is 50.2 Å². The van der Waals surface area contributed by atoms with E-state index in [1.165, 1.54) is 24.4 Å². The number of nitrogens with zero attached hydrogens (tertiary/aromatic N) is 1. The van der Waals surface area contributed by atoms with Gasteiger partial charge in [-0.25, -0.2) is 8.78 Å². The van der Waals surface area contributed by atoms with Gasteiger partial charge in [-0.05, 0) is 18.2 Å². The highest BCUT2D eigenvalue weighted by Crippen LogP contribution is 2.30. The smallest absolute Gasteiger partial charge is 0.264 e. The minimum absolute atomic E-state index is 0.0147. The van der Waals surface area contributed by atoms with Crippen LogP contribution in [0.5, 0.6) is 5.75 Å². The number of hydrogen-bond acceptors (Lipinski definition) is 3. The Morgan fingerprint density at radius 3 is 2.56 bits per heavy atom. The molecule has 0 fully saturated rings. The summed E-state index contributed by atoms with van der Waals surface area (Å²) in [4.78, 5) is 15.8. The summed E-state index contributed by atoms with van der Waals surface area (Å²) in [5, 5.41) is 9.59. The van der Waals surface area contributed by atoms with Crippen molar-refractivity contribution < 1.29 is 18.7 Å². The van der Waals surface area contributed by atoms with E-state index in [2.05, 4.69) is 4.98 Å². The molecule has 1 aromatic carbocycles. The molecule has 0 spiro atoms. The van der Waals surface area contributed by atoms with Crippen LogP contribution in [0, 0.1) is 0 Å². The molecular weight excluding hydrogens is 240 g/mol. The summed E-state index contributed by atoms with van der Waals surface area (Å²) in [6, 6.07) is 8.16. The van der Waals surface area contributed by atoms with E-state index in [0.717, 1.165) is 6.07 Å². The third kappa shape index (κ3) is 2.20. The summed E-state index contributed by atoms with van der Waals surface area (Å²) in [5.41, 5.74) is -0.877. The van der Waals surface area contributed by atoms with Gasteiger partial charge in [-0.1, -0.05) is 18.2 Å². The van der Waals surface area contributed by atoms with Crippen molar-refractivity contribution in [1.29, 1.82) is 0 Å². The highest BCUT2D eigenvalue weighted by molar-refractivity contribution is 6.10. The molecule has 5 heteroatoms. The number of halogens is 2. The minimum atomic E-state index is -2.83. The number of benzene rings is 1. The summed E-state index contributed by atoms with van der Waals surface area (Å²) < 4.78 is 25.6. The van der Waals surface area contributed by atoms with Crippen molar-refractivity contribution in [3.8, 4) is 5.75 Å². The molecule has 0 aliphatic heterocycles. The van der Waals surface area contributed by atoms with Gasteiger partial charge in [0.05, 0.1) is 5.56 Å². The molecule has 1 heterocycles. The van der Waals surface area contributed by atoms with Crippen molar-refractivity contribution in [2.75, 3.05) is 0 Å². The van der Waals surface area contributed by atoms with Gasteiger partial charge in [-0.3, -0.25) is 9.78 Å². The lowest BCUT2D eigenvalue weighted by molar-refractivity contribution is 0.101. The van der Waals surface area contributed by atoms with Gasteiger partial charge >= 0.3 is 0 Å². The molecule has 0 saturated carbocycles. The van der Waals surface area contributed by atoms with Crippen molar-refractivity contribution >= 4 is 5.78 Å². The van der Waals surface area contributed by atoms with E-state index in [9.17, 15) is 18.7 Å².